The SMILES string of the molecule is CCCN(CC(=O)Nc1cc(N(C)C)c2c(c1O)C(=O)C1C(=O)[C@]3(O)C(=O)C(C(N)=O)C(=O)[C@@H](N(C)C)[C@@H]3C[C@@H]1C2)C(=O)OCOC(=O)c1ccc(C(C)(C)C)cc1. The van der Waals surface area contributed by atoms with Crippen LogP contribution in [0.3, 0.4) is 0 Å². The van der Waals surface area contributed by atoms with Crippen molar-refractivity contribution >= 4 is 58.4 Å². The molecule has 2 saturated carbocycles. The molecule has 0 heterocycles. The van der Waals surface area contributed by atoms with Crippen LogP contribution in [-0.2, 0) is 45.3 Å². The number of Topliss-reactive ketones (excluding diaryl/α,β-unsaturated/α-hetero) is 4. The number of phenols is 1. The van der Waals surface area contributed by atoms with E-state index < -0.39 is 101 Å². The number of aliphatic hydroxyl groups is 1. The first-order valence-corrected chi connectivity index (χ1v) is 19.0. The molecule has 17 nitrogen and oxygen atoms in total. The minimum Gasteiger partial charge on any atom is -0.505 e. The van der Waals surface area contributed by atoms with Crippen molar-refractivity contribution in [1.82, 2.24) is 9.80 Å². The number of anilines is 2. The van der Waals surface area contributed by atoms with Crippen molar-refractivity contribution in [3.05, 3.63) is 52.6 Å². The molecule has 5 N–H and O–H groups in total. The van der Waals surface area contributed by atoms with Crippen LogP contribution < -0.4 is 16.0 Å². The lowest BCUT2D eigenvalue weighted by atomic mass is 9.52. The Morgan fingerprint density at radius 3 is 2.17 bits per heavy atom. The van der Waals surface area contributed by atoms with E-state index in [1.807, 2.05) is 20.8 Å². The molecule has 0 aliphatic heterocycles. The van der Waals surface area contributed by atoms with Crippen molar-refractivity contribution in [2.24, 2.45) is 29.4 Å². The number of aromatic hydroxyl groups is 1. The summed E-state index contributed by atoms with van der Waals surface area (Å²) in [4.78, 5) is 111. The zero-order chi connectivity index (χ0) is 43.2. The fourth-order valence-electron chi connectivity index (χ4n) is 8.43. The van der Waals surface area contributed by atoms with Gasteiger partial charge >= 0.3 is 12.1 Å². The summed E-state index contributed by atoms with van der Waals surface area (Å²) in [5.41, 5.74) is 3.86. The molecule has 3 aliphatic rings. The second-order valence-electron chi connectivity index (χ2n) is 16.6. The first-order chi connectivity index (χ1) is 27.1. The van der Waals surface area contributed by atoms with E-state index in [0.717, 1.165) is 10.5 Å². The number of carbonyl (C=O) groups excluding carboxylic acids is 8. The van der Waals surface area contributed by atoms with Gasteiger partial charge in [0.05, 0.1) is 28.8 Å². The van der Waals surface area contributed by atoms with Crippen molar-refractivity contribution < 1.29 is 58.0 Å². The van der Waals surface area contributed by atoms with E-state index in [1.165, 1.54) is 25.1 Å². The third-order valence-electron chi connectivity index (χ3n) is 11.2. The Balaban J connectivity index is 1.35. The van der Waals surface area contributed by atoms with E-state index in [9.17, 15) is 48.6 Å². The molecule has 0 aromatic heterocycles. The van der Waals surface area contributed by atoms with Crippen LogP contribution >= 0.6 is 0 Å². The highest BCUT2D eigenvalue weighted by atomic mass is 16.7. The number of carbonyl (C=O) groups is 8. The van der Waals surface area contributed by atoms with Crippen LogP contribution in [0.4, 0.5) is 16.2 Å². The Morgan fingerprint density at radius 1 is 0.983 bits per heavy atom. The summed E-state index contributed by atoms with van der Waals surface area (Å²) in [6, 6.07) is 7.02. The zero-order valence-corrected chi connectivity index (χ0v) is 33.9. The summed E-state index contributed by atoms with van der Waals surface area (Å²) in [7, 11) is 6.33. The number of likely N-dealkylation sites (N-methyl/N-ethyl adjacent to an activating group) is 1. The molecule has 17 heteroatoms. The summed E-state index contributed by atoms with van der Waals surface area (Å²) < 4.78 is 10.3. The van der Waals surface area contributed by atoms with Crippen LogP contribution in [0.15, 0.2) is 30.3 Å². The highest BCUT2D eigenvalue weighted by molar-refractivity contribution is 6.32. The molecule has 0 saturated heterocycles. The maximum atomic E-state index is 14.4. The number of fused-ring (bicyclic) bond motifs is 3. The Morgan fingerprint density at radius 2 is 1.62 bits per heavy atom. The molecule has 0 radical (unpaired) electrons. The van der Waals surface area contributed by atoms with Gasteiger partial charge in [-0.2, -0.15) is 0 Å². The number of nitrogens with two attached hydrogens (primary N) is 1. The van der Waals surface area contributed by atoms with Gasteiger partial charge in [-0.3, -0.25) is 38.6 Å². The fourth-order valence-corrected chi connectivity index (χ4v) is 8.43. The maximum absolute atomic E-state index is 14.4. The molecular weight excluding hydrogens is 754 g/mol. The number of phenolic OH excluding ortho intramolecular Hbond substituents is 1. The number of ether oxygens (including phenoxy) is 2. The van der Waals surface area contributed by atoms with E-state index in [1.54, 1.807) is 50.2 Å². The topological polar surface area (TPSA) is 243 Å². The Bertz CT molecular complexity index is 2060. The molecule has 6 atom stereocenters. The van der Waals surface area contributed by atoms with Gasteiger partial charge in [0.1, 0.15) is 12.3 Å². The predicted octanol–water partition coefficient (Wildman–Crippen LogP) is 1.83. The number of nitrogens with zero attached hydrogens (tertiary/aromatic N) is 3. The number of primary amides is 1. The lowest BCUT2D eigenvalue weighted by Crippen LogP contribution is -2.74. The number of ketones is 4. The molecule has 3 aliphatic carbocycles. The van der Waals surface area contributed by atoms with E-state index in [4.69, 9.17) is 15.2 Å². The average molecular weight is 806 g/mol. The number of rotatable bonds is 11. The Hall–Kier alpha value is -5.68. The summed E-state index contributed by atoms with van der Waals surface area (Å²) in [6.45, 7) is 6.64. The second kappa shape index (κ2) is 16.3. The molecular formula is C41H51N5O12. The average Bonchev–Trinajstić information content (AvgIpc) is 3.13. The quantitative estimate of drug-likeness (QED) is 0.110. The van der Waals surface area contributed by atoms with Gasteiger partial charge in [-0.1, -0.05) is 39.8 Å². The van der Waals surface area contributed by atoms with Gasteiger partial charge in [0.15, 0.2) is 34.7 Å². The second-order valence-corrected chi connectivity index (χ2v) is 16.6. The van der Waals surface area contributed by atoms with Gasteiger partial charge in [0.25, 0.3) is 0 Å². The minimum absolute atomic E-state index is 0.0179. The van der Waals surface area contributed by atoms with Crippen molar-refractivity contribution in [3.63, 3.8) is 0 Å². The largest absolute Gasteiger partial charge is 0.505 e. The molecule has 2 aromatic rings. The van der Waals surface area contributed by atoms with Crippen LogP contribution in [0, 0.1) is 23.7 Å². The monoisotopic (exact) mass is 805 g/mol. The highest BCUT2D eigenvalue weighted by Gasteiger charge is 2.69. The van der Waals surface area contributed by atoms with E-state index >= 15 is 0 Å². The smallest absolute Gasteiger partial charge is 0.413 e. The van der Waals surface area contributed by atoms with Crippen LogP contribution in [-0.4, -0.2) is 127 Å². The molecule has 2 aromatic carbocycles. The first kappa shape index (κ1) is 43.4. The molecule has 2 fully saturated rings. The molecule has 5 rings (SSSR count). The number of hydrogen-bond acceptors (Lipinski definition) is 14. The molecule has 58 heavy (non-hydrogen) atoms. The van der Waals surface area contributed by atoms with Gasteiger partial charge in [0, 0.05) is 32.2 Å². The number of nitrogens with one attached hydrogen (secondary N) is 1. The molecule has 0 spiro atoms. The summed E-state index contributed by atoms with van der Waals surface area (Å²) in [5.74, 6) is -13.7. The fraction of sp³-hybridized carbons (Fsp3) is 0.512. The number of benzene rings is 2. The first-order valence-electron chi connectivity index (χ1n) is 19.0. The summed E-state index contributed by atoms with van der Waals surface area (Å²) in [6.07, 6.45) is -0.645. The number of esters is 1. The third kappa shape index (κ3) is 7.79. The van der Waals surface area contributed by atoms with Gasteiger partial charge < -0.3 is 35.6 Å². The lowest BCUT2D eigenvalue weighted by Gasteiger charge is -2.52. The predicted molar refractivity (Wildman–Crippen MR) is 208 cm³/mol. The van der Waals surface area contributed by atoms with Gasteiger partial charge in [0.2, 0.25) is 18.6 Å². The molecule has 2 unspecified atom stereocenters. The molecule has 312 valence electrons. The zero-order valence-electron chi connectivity index (χ0n) is 33.9. The minimum atomic E-state index is -2.89. The van der Waals surface area contributed by atoms with Crippen LogP contribution in [0.25, 0.3) is 0 Å². The number of amides is 3. The summed E-state index contributed by atoms with van der Waals surface area (Å²) >= 11 is 0. The van der Waals surface area contributed by atoms with E-state index in [2.05, 4.69) is 5.32 Å². The lowest BCUT2D eigenvalue weighted by molar-refractivity contribution is -0.181. The standard InChI is InChI=1S/C41H51N5O12/c1-9-14-46(39(55)58-19-57-38(54)20-10-12-22(13-11-20)40(2,3)4)18-27(47)43-25-17-26(44(5)6)23-15-21-16-24-31(45(7)8)34(50)30(37(42)53)36(52)41(24,56)35(51)28(21)33(49)29(23)32(25)48/h10-13,17,21,24,28,30-31,48,56H,9,14-16,18-19H2,1-8H3,(H2,42,53)(H,43,47)/t21-,24-,28?,30?,31-,41-/m0/s1. The molecule has 3 amide bonds. The third-order valence-corrected chi connectivity index (χ3v) is 11.2. The van der Waals surface area contributed by atoms with E-state index in [-0.39, 0.29) is 41.6 Å². The van der Waals surface area contributed by atoms with Crippen molar-refractivity contribution in [2.75, 3.05) is 58.3 Å². The Labute approximate surface area is 335 Å². The van der Waals surface area contributed by atoms with Gasteiger partial charge in [-0.15, -0.1) is 0 Å². The maximum Gasteiger partial charge on any atom is 0.413 e. The Kier molecular flexibility index (Phi) is 12.2. The van der Waals surface area contributed by atoms with Crippen LogP contribution in [0.5, 0.6) is 5.75 Å². The van der Waals surface area contributed by atoms with Crippen molar-refractivity contribution in [3.8, 4) is 5.75 Å². The number of hydrogen-bond donors (Lipinski definition) is 4. The van der Waals surface area contributed by atoms with E-state index in [0.29, 0.717) is 17.7 Å². The van der Waals surface area contributed by atoms with Crippen molar-refractivity contribution in [2.45, 2.75) is 64.0 Å². The normalized spacial score (nSPS) is 24.0. The highest BCUT2D eigenvalue weighted by Crippen LogP contribution is 2.52. The van der Waals surface area contributed by atoms with Crippen LogP contribution in [0.1, 0.15) is 72.4 Å². The van der Waals surface area contributed by atoms with Gasteiger partial charge in [-0.25, -0.2) is 9.59 Å². The van der Waals surface area contributed by atoms with Gasteiger partial charge in [-0.05, 0) is 74.0 Å². The van der Waals surface area contributed by atoms with Crippen molar-refractivity contribution in [1.29, 1.82) is 0 Å². The van der Waals surface area contributed by atoms with Crippen LogP contribution in [0.2, 0.25) is 0 Å². The molecule has 0 bridgehead atoms. The summed E-state index contributed by atoms with van der Waals surface area (Å²) in [5, 5.41) is 26.0.